The van der Waals surface area contributed by atoms with Gasteiger partial charge < -0.3 is 20.4 Å². The third-order valence-corrected chi connectivity index (χ3v) is 5.21. The van der Waals surface area contributed by atoms with Crippen LogP contribution >= 0.6 is 0 Å². The van der Waals surface area contributed by atoms with E-state index in [-0.39, 0.29) is 0 Å². The first-order valence-electron chi connectivity index (χ1n) is 9.44. The molecular weight excluding hydrogens is 350 g/mol. The molecule has 28 heavy (non-hydrogen) atoms. The molecule has 0 bridgehead atoms. The van der Waals surface area contributed by atoms with Crippen LogP contribution in [0.2, 0.25) is 0 Å². The zero-order valence-electron chi connectivity index (χ0n) is 15.4. The predicted octanol–water partition coefficient (Wildman–Crippen LogP) is 4.01. The molecule has 1 aliphatic heterocycles. The second-order valence-electron chi connectivity index (χ2n) is 6.99. The number of nitrogen functional groups attached to an aromatic ring is 1. The second-order valence-corrected chi connectivity index (χ2v) is 6.99. The summed E-state index contributed by atoms with van der Waals surface area (Å²) in [5.74, 6) is 2.12. The number of benzene rings is 2. The van der Waals surface area contributed by atoms with E-state index in [1.807, 2.05) is 42.5 Å². The summed E-state index contributed by atoms with van der Waals surface area (Å²) in [5.41, 5.74) is 9.24. The van der Waals surface area contributed by atoms with Crippen LogP contribution in [0, 0.1) is 0 Å². The molecular formula is C22H21N5O. The number of nitrogens with two attached hydrogens (primary N) is 1. The quantitative estimate of drug-likeness (QED) is 0.567. The van der Waals surface area contributed by atoms with Crippen molar-refractivity contribution < 1.29 is 4.74 Å². The van der Waals surface area contributed by atoms with E-state index in [0.717, 1.165) is 53.2 Å². The Morgan fingerprint density at radius 3 is 2.54 bits per heavy atom. The molecule has 2 aromatic carbocycles. The van der Waals surface area contributed by atoms with Crippen LogP contribution in [-0.2, 0) is 0 Å². The summed E-state index contributed by atoms with van der Waals surface area (Å²) in [7, 11) is 0. The van der Waals surface area contributed by atoms with Crippen LogP contribution in [-0.4, -0.2) is 27.6 Å². The Labute approximate surface area is 163 Å². The Hall–Kier alpha value is -3.38. The molecule has 4 aromatic rings. The summed E-state index contributed by atoms with van der Waals surface area (Å²) in [6.45, 7) is 1.96. The first-order valence-corrected chi connectivity index (χ1v) is 9.44. The highest BCUT2D eigenvalue weighted by Crippen LogP contribution is 2.36. The van der Waals surface area contributed by atoms with E-state index < -0.39 is 0 Å². The van der Waals surface area contributed by atoms with E-state index in [4.69, 9.17) is 10.5 Å². The average Bonchev–Trinajstić information content (AvgIpc) is 3.38. The maximum atomic E-state index is 6.23. The maximum Gasteiger partial charge on any atom is 0.146 e. The number of hydrogen-bond acceptors (Lipinski definition) is 5. The van der Waals surface area contributed by atoms with Gasteiger partial charge in [0, 0.05) is 24.3 Å². The Morgan fingerprint density at radius 2 is 1.79 bits per heavy atom. The van der Waals surface area contributed by atoms with Crippen molar-refractivity contribution in [3.8, 4) is 22.6 Å². The van der Waals surface area contributed by atoms with Crippen LogP contribution in [0.15, 0.2) is 67.1 Å². The number of rotatable bonds is 4. The maximum absolute atomic E-state index is 6.23. The number of para-hydroxylation sites is 1. The molecule has 0 unspecified atom stereocenters. The fourth-order valence-corrected chi connectivity index (χ4v) is 3.81. The molecule has 3 heterocycles. The van der Waals surface area contributed by atoms with Crippen LogP contribution < -0.4 is 15.8 Å². The van der Waals surface area contributed by atoms with Gasteiger partial charge in [-0.2, -0.15) is 0 Å². The van der Waals surface area contributed by atoms with Crippen molar-refractivity contribution in [3.05, 3.63) is 67.1 Å². The molecule has 0 aliphatic carbocycles. The van der Waals surface area contributed by atoms with Crippen LogP contribution in [0.4, 0.5) is 5.82 Å². The van der Waals surface area contributed by atoms with E-state index in [1.54, 1.807) is 0 Å². The number of ether oxygens (including phenoxy) is 1. The van der Waals surface area contributed by atoms with E-state index in [2.05, 4.69) is 38.2 Å². The van der Waals surface area contributed by atoms with Gasteiger partial charge in [0.25, 0.3) is 0 Å². The average molecular weight is 371 g/mol. The lowest BCUT2D eigenvalue weighted by Crippen LogP contribution is -2.13. The topological polar surface area (TPSA) is 78.0 Å². The zero-order valence-corrected chi connectivity index (χ0v) is 15.4. The molecule has 0 saturated carbocycles. The molecule has 2 aromatic heterocycles. The molecule has 6 heteroatoms. The highest BCUT2D eigenvalue weighted by Gasteiger charge is 2.22. The van der Waals surface area contributed by atoms with Gasteiger partial charge in [-0.1, -0.05) is 30.3 Å². The molecule has 0 radical (unpaired) electrons. The third kappa shape index (κ3) is 2.97. The van der Waals surface area contributed by atoms with Gasteiger partial charge in [-0.15, -0.1) is 0 Å². The number of hydrogen-bond donors (Lipinski definition) is 2. The number of aromatic nitrogens is 3. The Kier molecular flexibility index (Phi) is 4.18. The van der Waals surface area contributed by atoms with Crippen molar-refractivity contribution in [2.45, 2.75) is 12.5 Å². The summed E-state index contributed by atoms with van der Waals surface area (Å²) in [5, 5.41) is 4.33. The summed E-state index contributed by atoms with van der Waals surface area (Å²) in [6.07, 6.45) is 4.77. The van der Waals surface area contributed by atoms with E-state index >= 15 is 0 Å². The van der Waals surface area contributed by atoms with Crippen LogP contribution in [0.3, 0.4) is 0 Å². The highest BCUT2D eigenvalue weighted by molar-refractivity contribution is 6.00. The fraction of sp³-hybridized carbons (Fsp3) is 0.182. The van der Waals surface area contributed by atoms with Gasteiger partial charge in [0.1, 0.15) is 29.3 Å². The minimum Gasteiger partial charge on any atom is -0.457 e. The summed E-state index contributed by atoms with van der Waals surface area (Å²) in [6, 6.07) is 18.2. The van der Waals surface area contributed by atoms with E-state index in [0.29, 0.717) is 11.9 Å². The highest BCUT2D eigenvalue weighted by atomic mass is 16.5. The van der Waals surface area contributed by atoms with Gasteiger partial charge in [0.05, 0.1) is 5.39 Å². The molecule has 140 valence electrons. The first-order chi connectivity index (χ1) is 13.8. The SMILES string of the molecule is Nc1ncnc2c1c(-c1ccc(Oc3ccccc3)cc1)cn2[C@@H]1CCNC1. The molecule has 3 N–H and O–H groups in total. The van der Waals surface area contributed by atoms with Crippen molar-refractivity contribution in [1.29, 1.82) is 0 Å². The van der Waals surface area contributed by atoms with Crippen LogP contribution in [0.5, 0.6) is 11.5 Å². The van der Waals surface area contributed by atoms with E-state index in [1.165, 1.54) is 6.33 Å². The minimum absolute atomic E-state index is 0.381. The van der Waals surface area contributed by atoms with Crippen molar-refractivity contribution in [2.75, 3.05) is 18.8 Å². The Morgan fingerprint density at radius 1 is 1.00 bits per heavy atom. The van der Waals surface area contributed by atoms with Crippen molar-refractivity contribution in [3.63, 3.8) is 0 Å². The summed E-state index contributed by atoms with van der Waals surface area (Å²) in [4.78, 5) is 8.75. The second kappa shape index (κ2) is 6.98. The number of anilines is 1. The zero-order chi connectivity index (χ0) is 18.9. The largest absolute Gasteiger partial charge is 0.457 e. The minimum atomic E-state index is 0.381. The molecule has 1 saturated heterocycles. The van der Waals surface area contributed by atoms with Gasteiger partial charge in [-0.05, 0) is 42.8 Å². The standard InChI is InChI=1S/C22H21N5O/c23-21-20-19(13-27(16-10-11-24-12-16)22(20)26-14-25-21)15-6-8-18(9-7-15)28-17-4-2-1-3-5-17/h1-9,13-14,16,24H,10-12H2,(H2,23,25,26)/t16-/m1/s1. The molecule has 1 aliphatic rings. The lowest BCUT2D eigenvalue weighted by Gasteiger charge is -2.11. The molecule has 0 spiro atoms. The predicted molar refractivity (Wildman–Crippen MR) is 110 cm³/mol. The third-order valence-electron chi connectivity index (χ3n) is 5.21. The van der Waals surface area contributed by atoms with Gasteiger partial charge in [0.2, 0.25) is 0 Å². The number of nitrogens with zero attached hydrogens (tertiary/aromatic N) is 3. The van der Waals surface area contributed by atoms with Crippen molar-refractivity contribution in [1.82, 2.24) is 19.9 Å². The van der Waals surface area contributed by atoms with Crippen molar-refractivity contribution in [2.24, 2.45) is 0 Å². The lowest BCUT2D eigenvalue weighted by atomic mass is 10.1. The molecule has 6 nitrogen and oxygen atoms in total. The van der Waals surface area contributed by atoms with Gasteiger partial charge >= 0.3 is 0 Å². The smallest absolute Gasteiger partial charge is 0.146 e. The molecule has 1 atom stereocenters. The number of nitrogens with one attached hydrogen (secondary N) is 1. The normalized spacial score (nSPS) is 16.5. The summed E-state index contributed by atoms with van der Waals surface area (Å²) < 4.78 is 8.14. The molecule has 5 rings (SSSR count). The molecule has 0 amide bonds. The monoisotopic (exact) mass is 371 g/mol. The van der Waals surface area contributed by atoms with E-state index in [9.17, 15) is 0 Å². The molecule has 1 fully saturated rings. The van der Waals surface area contributed by atoms with Crippen molar-refractivity contribution >= 4 is 16.9 Å². The van der Waals surface area contributed by atoms with Crippen LogP contribution in [0.1, 0.15) is 12.5 Å². The lowest BCUT2D eigenvalue weighted by molar-refractivity contribution is 0.483. The summed E-state index contributed by atoms with van der Waals surface area (Å²) >= 11 is 0. The van der Waals surface area contributed by atoms with Gasteiger partial charge in [0.15, 0.2) is 0 Å². The van der Waals surface area contributed by atoms with Gasteiger partial charge in [-0.3, -0.25) is 0 Å². The number of fused-ring (bicyclic) bond motifs is 1. The Balaban J connectivity index is 1.53. The Bertz CT molecular complexity index is 1100. The van der Waals surface area contributed by atoms with Gasteiger partial charge in [-0.25, -0.2) is 9.97 Å². The fourth-order valence-electron chi connectivity index (χ4n) is 3.81. The first kappa shape index (κ1) is 16.8. The van der Waals surface area contributed by atoms with Crippen LogP contribution in [0.25, 0.3) is 22.2 Å².